The maximum atomic E-state index is 15.3. The van der Waals surface area contributed by atoms with E-state index in [1.807, 2.05) is 94.6 Å². The van der Waals surface area contributed by atoms with Crippen LogP contribution in [0.15, 0.2) is 106 Å². The highest BCUT2D eigenvalue weighted by atomic mass is 79.9. The minimum absolute atomic E-state index is 0.00754. The van der Waals surface area contributed by atoms with Crippen molar-refractivity contribution in [1.29, 1.82) is 0 Å². The van der Waals surface area contributed by atoms with Crippen molar-refractivity contribution in [3.05, 3.63) is 129 Å². The Balaban J connectivity index is 1.17. The molecule has 1 saturated heterocycles. The average molecular weight is 808 g/mol. The Hall–Kier alpha value is -4.82. The van der Waals surface area contributed by atoms with Gasteiger partial charge in [-0.25, -0.2) is 4.68 Å². The number of ether oxygens (including phenoxy) is 2. The smallest absolute Gasteiger partial charge is 0.279 e. The molecule has 13 heteroatoms. The highest BCUT2D eigenvalue weighted by Crippen LogP contribution is 2.60. The monoisotopic (exact) mass is 806 g/mol. The molecule has 4 aromatic carbocycles. The number of methoxy groups -OCH3 is 1. The van der Waals surface area contributed by atoms with Crippen molar-refractivity contribution >= 4 is 51.7 Å². The normalized spacial score (nSPS) is 21.0. The van der Waals surface area contributed by atoms with Gasteiger partial charge < -0.3 is 19.5 Å². The zero-order chi connectivity index (χ0) is 37.8. The lowest BCUT2D eigenvalue weighted by atomic mass is 9.82. The lowest BCUT2D eigenvalue weighted by molar-refractivity contribution is -0.146. The average Bonchev–Trinajstić information content (AvgIpc) is 3.91. The first-order valence-electron chi connectivity index (χ1n) is 18.3. The van der Waals surface area contributed by atoms with Crippen molar-refractivity contribution in [1.82, 2.24) is 24.8 Å². The number of carbonyl (C=O) groups excluding carboxylic acids is 1. The Bertz CT molecular complexity index is 2410. The summed E-state index contributed by atoms with van der Waals surface area (Å²) in [6.07, 6.45) is 2.68. The second-order valence-electron chi connectivity index (χ2n) is 14.9. The van der Waals surface area contributed by atoms with Crippen molar-refractivity contribution in [3.63, 3.8) is 0 Å². The van der Waals surface area contributed by atoms with Crippen LogP contribution in [0.5, 0.6) is 5.75 Å². The molecule has 1 amide bonds. The van der Waals surface area contributed by atoms with Crippen LogP contribution in [0.4, 0.5) is 5.69 Å². The quantitative estimate of drug-likeness (QED) is 0.152. The second kappa shape index (κ2) is 14.1. The third-order valence-corrected chi connectivity index (χ3v) is 16.3. The number of aryl methyl sites for hydroxylation is 1. The van der Waals surface area contributed by atoms with E-state index in [-0.39, 0.29) is 35.6 Å². The summed E-state index contributed by atoms with van der Waals surface area (Å²) in [5.41, 5.74) is 3.45. The van der Waals surface area contributed by atoms with Crippen molar-refractivity contribution in [2.75, 3.05) is 18.6 Å². The number of carbonyl (C=O) groups is 1. The molecule has 0 bridgehead atoms. The van der Waals surface area contributed by atoms with E-state index >= 15 is 4.79 Å². The summed E-state index contributed by atoms with van der Waals surface area (Å²) < 4.78 is 17.0. The zero-order valence-electron chi connectivity index (χ0n) is 30.7. The fourth-order valence-corrected chi connectivity index (χ4v) is 13.3. The molecule has 6 aromatic rings. The van der Waals surface area contributed by atoms with Crippen LogP contribution in [0, 0.1) is 5.92 Å². The van der Waals surface area contributed by atoms with E-state index in [0.29, 0.717) is 37.0 Å². The molecule has 1 spiro atoms. The van der Waals surface area contributed by atoms with Crippen molar-refractivity contribution in [2.45, 2.75) is 63.2 Å². The molecular weight excluding hydrogens is 764 g/mol. The zero-order valence-corrected chi connectivity index (χ0v) is 33.3. The van der Waals surface area contributed by atoms with Gasteiger partial charge >= 0.3 is 0 Å². The SMILES string of the molecule is COc1ccc([Si](C)(C)[C@@H]2[C@@H](CCn3cc(CCO)nn3)O[C@]3(C(=O)N(Cc4cccc(-n5[nH]c6ccccc6c5=O)c4)c4ccc(Br)cc43)[C@H]2C)cc1. The summed E-state index contributed by atoms with van der Waals surface area (Å²) in [5.74, 6) is 0.541. The highest BCUT2D eigenvalue weighted by Gasteiger charge is 2.66. The lowest BCUT2D eigenvalue weighted by Gasteiger charge is -2.37. The first kappa shape index (κ1) is 36.2. The van der Waals surface area contributed by atoms with Gasteiger partial charge in [0.1, 0.15) is 5.75 Å². The van der Waals surface area contributed by atoms with E-state index in [4.69, 9.17) is 9.47 Å². The number of hydrogen-bond donors (Lipinski definition) is 2. The molecule has 2 aliphatic rings. The number of nitrogens with zero attached hydrogens (tertiary/aromatic N) is 5. The number of amides is 1. The number of anilines is 1. The van der Waals surface area contributed by atoms with E-state index in [1.165, 1.54) is 5.19 Å². The number of H-pyrrole nitrogens is 1. The van der Waals surface area contributed by atoms with E-state index < -0.39 is 13.7 Å². The van der Waals surface area contributed by atoms with E-state index in [2.05, 4.69) is 63.5 Å². The topological polar surface area (TPSA) is 127 Å². The van der Waals surface area contributed by atoms with Gasteiger partial charge in [0, 0.05) is 41.7 Å². The Morgan fingerprint density at radius 2 is 1.81 bits per heavy atom. The molecule has 4 atom stereocenters. The first-order valence-corrected chi connectivity index (χ1v) is 22.2. The fourth-order valence-electron chi connectivity index (χ4n) is 8.87. The number of halogens is 1. The van der Waals surface area contributed by atoms with Gasteiger partial charge in [-0.05, 0) is 72.1 Å². The van der Waals surface area contributed by atoms with E-state index in [9.17, 15) is 9.90 Å². The van der Waals surface area contributed by atoms with Gasteiger partial charge in [0.25, 0.3) is 11.5 Å². The van der Waals surface area contributed by atoms with Gasteiger partial charge in [-0.2, -0.15) is 0 Å². The summed E-state index contributed by atoms with van der Waals surface area (Å²) in [4.78, 5) is 30.5. The van der Waals surface area contributed by atoms with Crippen LogP contribution < -0.4 is 20.4 Å². The van der Waals surface area contributed by atoms with E-state index in [0.717, 1.165) is 38.2 Å². The molecule has 8 rings (SSSR count). The summed E-state index contributed by atoms with van der Waals surface area (Å²) >= 11 is 3.71. The summed E-state index contributed by atoms with van der Waals surface area (Å²) in [6.45, 7) is 7.79. The largest absolute Gasteiger partial charge is 0.497 e. The second-order valence-corrected chi connectivity index (χ2v) is 20.5. The number of para-hydroxylation sites is 1. The molecule has 2 aromatic heterocycles. The number of benzene rings is 4. The van der Waals surface area contributed by atoms with Crippen LogP contribution in [-0.4, -0.2) is 63.7 Å². The van der Waals surface area contributed by atoms with Crippen LogP contribution in [0.2, 0.25) is 18.6 Å². The minimum Gasteiger partial charge on any atom is -0.497 e. The summed E-state index contributed by atoms with van der Waals surface area (Å²) in [5, 5.41) is 23.1. The molecule has 0 aliphatic carbocycles. The van der Waals surface area contributed by atoms with Crippen LogP contribution in [-0.2, 0) is 34.6 Å². The predicted octanol–water partition coefficient (Wildman–Crippen LogP) is 6.07. The van der Waals surface area contributed by atoms with Gasteiger partial charge in [-0.1, -0.05) is 82.7 Å². The standard InChI is InChI=1S/C41H43BrN6O5Si/c1-26-38(54(3,4)32-15-13-31(52-2)14-16-32)37(18-20-46-25-29(19-21-49)43-45-46)53-41(26)34-23-28(42)12-17-36(34)47(40(41)51)24-27-8-7-9-30(22-27)48-39(50)33-10-5-6-11-35(33)44-48/h5-17,22-23,25-26,37-38,44,49H,18-21,24H2,1-4H3/t26-,37+,38-,41+/m0/s1. The highest BCUT2D eigenvalue weighted by molar-refractivity contribution is 9.10. The Morgan fingerprint density at radius 3 is 2.57 bits per heavy atom. The van der Waals surface area contributed by atoms with Gasteiger partial charge in [0.15, 0.2) is 5.60 Å². The van der Waals surface area contributed by atoms with Crippen molar-refractivity contribution in [3.8, 4) is 11.4 Å². The molecule has 0 unspecified atom stereocenters. The first-order chi connectivity index (χ1) is 26.0. The number of rotatable bonds is 11. The minimum atomic E-state index is -2.35. The molecule has 54 heavy (non-hydrogen) atoms. The van der Waals surface area contributed by atoms with Gasteiger partial charge in [0.2, 0.25) is 0 Å². The molecule has 2 N–H and O–H groups in total. The molecule has 1 fully saturated rings. The Labute approximate surface area is 322 Å². The summed E-state index contributed by atoms with van der Waals surface area (Å²) in [6, 6.07) is 29.6. The van der Waals surface area contributed by atoms with Crippen molar-refractivity contribution < 1.29 is 19.4 Å². The van der Waals surface area contributed by atoms with Gasteiger partial charge in [-0.15, -0.1) is 5.10 Å². The van der Waals surface area contributed by atoms with Crippen LogP contribution in [0.3, 0.4) is 0 Å². The number of aromatic amines is 1. The molecule has 11 nitrogen and oxygen atoms in total. The maximum Gasteiger partial charge on any atom is 0.279 e. The van der Waals surface area contributed by atoms with Crippen LogP contribution in [0.1, 0.15) is 30.2 Å². The maximum absolute atomic E-state index is 15.3. The number of hydrogen-bond acceptors (Lipinski definition) is 7. The van der Waals surface area contributed by atoms with E-state index in [1.54, 1.807) is 11.8 Å². The summed E-state index contributed by atoms with van der Waals surface area (Å²) in [7, 11) is -0.678. The predicted molar refractivity (Wildman–Crippen MR) is 214 cm³/mol. The number of aromatic nitrogens is 5. The number of aliphatic hydroxyl groups excluding tert-OH is 1. The fraction of sp³-hybridized carbons (Fsp3) is 0.317. The van der Waals surface area contributed by atoms with Gasteiger partial charge in [-0.3, -0.25) is 19.4 Å². The third kappa shape index (κ3) is 6.03. The third-order valence-electron chi connectivity index (χ3n) is 11.5. The Morgan fingerprint density at radius 1 is 1.02 bits per heavy atom. The molecule has 0 radical (unpaired) electrons. The molecule has 2 aliphatic heterocycles. The molecule has 4 heterocycles. The molecular formula is C41H43BrN6O5Si. The van der Waals surface area contributed by atoms with Crippen molar-refractivity contribution in [2.24, 2.45) is 5.92 Å². The number of aliphatic hydroxyl groups is 1. The van der Waals surface area contributed by atoms with Crippen LogP contribution in [0.25, 0.3) is 16.6 Å². The molecule has 0 saturated carbocycles. The van der Waals surface area contributed by atoms with Crippen LogP contribution >= 0.6 is 15.9 Å². The lowest BCUT2D eigenvalue weighted by Crippen LogP contribution is -2.51. The number of fused-ring (bicyclic) bond motifs is 3. The van der Waals surface area contributed by atoms with Gasteiger partial charge in [0.05, 0.1) is 55.8 Å². The Kier molecular flexibility index (Phi) is 9.45. The number of nitrogens with one attached hydrogen (secondary N) is 1. The molecule has 278 valence electrons.